The normalized spacial score (nSPS) is 9.73. The van der Waals surface area contributed by atoms with Crippen LogP contribution < -0.4 is 37.7 Å². The molecule has 0 aliphatic heterocycles. The van der Waals surface area contributed by atoms with E-state index in [0.717, 1.165) is 12.8 Å². The smallest absolute Gasteiger partial charge is 0.120 e. The van der Waals surface area contributed by atoms with Crippen molar-refractivity contribution in [1.29, 1.82) is 0 Å². The molecule has 4 aromatic carbocycles. The van der Waals surface area contributed by atoms with Gasteiger partial charge in [0.05, 0.1) is 0 Å². The molecule has 0 aromatic heterocycles. The summed E-state index contributed by atoms with van der Waals surface area (Å²) in [4.78, 5) is 0. The number of hydrogen-bond donors (Lipinski definition) is 0. The molecule has 0 nitrogen and oxygen atoms in total. The largest absolute Gasteiger partial charge is 1.00 e. The van der Waals surface area contributed by atoms with Crippen LogP contribution in [0.3, 0.4) is 0 Å². The summed E-state index contributed by atoms with van der Waals surface area (Å²) in [5, 5.41) is 0. The summed E-state index contributed by atoms with van der Waals surface area (Å²) in [6, 6.07) is 43.0. The molecule has 4 aromatic rings. The van der Waals surface area contributed by atoms with Gasteiger partial charge in [0.15, 0.2) is 0 Å². The molecular formula is C28H24Li2. The van der Waals surface area contributed by atoms with E-state index in [-0.39, 0.29) is 37.7 Å². The van der Waals surface area contributed by atoms with E-state index in [4.69, 9.17) is 0 Å². The Hall–Kier alpha value is -2.19. The minimum atomic E-state index is 0. The Bertz CT molecular complexity index is 792. The molecule has 0 spiro atoms. The van der Waals surface area contributed by atoms with E-state index in [1.54, 1.807) is 0 Å². The number of rotatable bonds is 7. The van der Waals surface area contributed by atoms with Gasteiger partial charge >= 0.3 is 37.7 Å². The predicted octanol–water partition coefficient (Wildman–Crippen LogP) is 1.12. The van der Waals surface area contributed by atoms with Crippen molar-refractivity contribution in [3.63, 3.8) is 0 Å². The zero-order valence-electron chi connectivity index (χ0n) is 18.0. The minimum Gasteiger partial charge on any atom is -0.120 e. The van der Waals surface area contributed by atoms with Crippen LogP contribution in [-0.2, 0) is 0 Å². The van der Waals surface area contributed by atoms with Gasteiger partial charge in [-0.2, -0.15) is 0 Å². The van der Waals surface area contributed by atoms with E-state index >= 15 is 0 Å². The molecule has 2 heteroatoms. The van der Waals surface area contributed by atoms with Crippen LogP contribution in [0.1, 0.15) is 35.1 Å². The second-order valence-electron chi connectivity index (χ2n) is 6.92. The Balaban J connectivity index is 0.00000160. The maximum absolute atomic E-state index is 2.22. The molecule has 0 aliphatic rings. The van der Waals surface area contributed by atoms with Crippen molar-refractivity contribution in [3.8, 4) is 0 Å². The molecule has 4 rings (SSSR count). The first-order valence-electron chi connectivity index (χ1n) is 9.85. The zero-order chi connectivity index (χ0) is 19.0. The molecule has 0 N–H and O–H groups in total. The van der Waals surface area contributed by atoms with Gasteiger partial charge in [-0.3, -0.25) is 0 Å². The van der Waals surface area contributed by atoms with Crippen LogP contribution in [0.5, 0.6) is 0 Å². The molecule has 0 saturated heterocycles. The first-order chi connectivity index (χ1) is 13.9. The molecule has 0 radical (unpaired) electrons. The van der Waals surface area contributed by atoms with Crippen molar-refractivity contribution in [2.45, 2.75) is 12.8 Å². The molecular weight excluding hydrogens is 350 g/mol. The van der Waals surface area contributed by atoms with Crippen molar-refractivity contribution in [3.05, 3.63) is 155 Å². The quantitative estimate of drug-likeness (QED) is 0.336. The van der Waals surface area contributed by atoms with Crippen molar-refractivity contribution < 1.29 is 37.7 Å². The van der Waals surface area contributed by atoms with Crippen LogP contribution in [0, 0.1) is 11.8 Å². The van der Waals surface area contributed by atoms with Crippen molar-refractivity contribution in [2.75, 3.05) is 0 Å². The standard InChI is InChI=1S/C28H24.2Li/c1-5-13-23(14-6-1)27(24-15-7-2-8-16-24)21-22-28(25-17-9-3-10-18-25)26-19-11-4-12-20-26;;/h1-20H,21-22H2;;/q-2;2*+1. The van der Waals surface area contributed by atoms with Crippen LogP contribution in [0.25, 0.3) is 0 Å². The summed E-state index contributed by atoms with van der Waals surface area (Å²) >= 11 is 0. The minimum absolute atomic E-state index is 0. The number of benzene rings is 4. The Labute approximate surface area is 205 Å². The molecule has 0 fully saturated rings. The van der Waals surface area contributed by atoms with Gasteiger partial charge in [-0.05, 0) is 0 Å². The topological polar surface area (TPSA) is 0 Å². The van der Waals surface area contributed by atoms with Crippen LogP contribution in [0.4, 0.5) is 0 Å². The first-order valence-corrected chi connectivity index (χ1v) is 9.85. The Morgan fingerprint density at radius 3 is 0.733 bits per heavy atom. The fraction of sp³-hybridized carbons (Fsp3) is 0.0714. The van der Waals surface area contributed by atoms with E-state index in [2.05, 4.69) is 121 Å². The third-order valence-corrected chi connectivity index (χ3v) is 5.11. The van der Waals surface area contributed by atoms with E-state index < -0.39 is 0 Å². The van der Waals surface area contributed by atoms with Gasteiger partial charge in [0, 0.05) is 0 Å². The molecule has 0 unspecified atom stereocenters. The maximum Gasteiger partial charge on any atom is 1.00 e. The van der Waals surface area contributed by atoms with Gasteiger partial charge in [0.1, 0.15) is 0 Å². The molecule has 30 heavy (non-hydrogen) atoms. The predicted molar refractivity (Wildman–Crippen MR) is 118 cm³/mol. The third kappa shape index (κ3) is 6.16. The summed E-state index contributed by atoms with van der Waals surface area (Å²) in [5.74, 6) is 2.79. The molecule has 0 heterocycles. The Kier molecular flexibility index (Phi) is 10.0. The van der Waals surface area contributed by atoms with Gasteiger partial charge < -0.3 is 0 Å². The second-order valence-corrected chi connectivity index (χ2v) is 6.92. The average Bonchev–Trinajstić information content (AvgIpc) is 2.79. The van der Waals surface area contributed by atoms with E-state index in [1.165, 1.54) is 34.1 Å². The fourth-order valence-electron chi connectivity index (χ4n) is 3.72. The second kappa shape index (κ2) is 12.5. The van der Waals surface area contributed by atoms with Crippen molar-refractivity contribution >= 4 is 0 Å². The van der Waals surface area contributed by atoms with Gasteiger partial charge in [0.25, 0.3) is 0 Å². The average molecular weight is 374 g/mol. The summed E-state index contributed by atoms with van der Waals surface area (Å²) < 4.78 is 0. The van der Waals surface area contributed by atoms with E-state index in [0.29, 0.717) is 0 Å². The molecule has 0 bridgehead atoms. The summed E-state index contributed by atoms with van der Waals surface area (Å²) in [6.07, 6.45) is 1.99. The van der Waals surface area contributed by atoms with Crippen LogP contribution in [-0.4, -0.2) is 0 Å². The first kappa shape index (κ1) is 24.1. The summed E-state index contributed by atoms with van der Waals surface area (Å²) in [6.45, 7) is 0. The Morgan fingerprint density at radius 2 is 0.533 bits per heavy atom. The van der Waals surface area contributed by atoms with Crippen molar-refractivity contribution in [2.24, 2.45) is 0 Å². The van der Waals surface area contributed by atoms with Gasteiger partial charge in [0.2, 0.25) is 0 Å². The third-order valence-electron chi connectivity index (χ3n) is 5.11. The van der Waals surface area contributed by atoms with Gasteiger partial charge in [-0.25, -0.2) is 0 Å². The SMILES string of the molecule is [Li+].[Li+].c1ccc([C-](CC[C-](c2ccccc2)c2ccccc2)c2ccccc2)cc1. The Morgan fingerprint density at radius 1 is 0.333 bits per heavy atom. The zero-order valence-corrected chi connectivity index (χ0v) is 18.0. The van der Waals surface area contributed by atoms with Crippen LogP contribution in [0.2, 0.25) is 0 Å². The van der Waals surface area contributed by atoms with E-state index in [1.807, 2.05) is 0 Å². The monoisotopic (exact) mass is 374 g/mol. The van der Waals surface area contributed by atoms with E-state index in [9.17, 15) is 0 Å². The van der Waals surface area contributed by atoms with Gasteiger partial charge in [-0.15, -0.1) is 82.6 Å². The molecule has 0 atom stereocenters. The van der Waals surface area contributed by atoms with Crippen molar-refractivity contribution in [1.82, 2.24) is 0 Å². The van der Waals surface area contributed by atoms with Crippen LogP contribution >= 0.6 is 0 Å². The number of hydrogen-bond acceptors (Lipinski definition) is 0. The molecule has 0 saturated carbocycles. The molecule has 0 amide bonds. The van der Waals surface area contributed by atoms with Crippen LogP contribution in [0.15, 0.2) is 121 Å². The fourth-order valence-corrected chi connectivity index (χ4v) is 3.72. The maximum atomic E-state index is 2.22. The summed E-state index contributed by atoms with van der Waals surface area (Å²) in [5.41, 5.74) is 5.20. The molecule has 0 aliphatic carbocycles. The molecule has 138 valence electrons. The van der Waals surface area contributed by atoms with Gasteiger partial charge in [-0.1, -0.05) is 85.6 Å². The summed E-state index contributed by atoms with van der Waals surface area (Å²) in [7, 11) is 0.